The monoisotopic (exact) mass is 247 g/mol. The van der Waals surface area contributed by atoms with E-state index in [-0.39, 0.29) is 0 Å². The van der Waals surface area contributed by atoms with Crippen LogP contribution in [-0.4, -0.2) is 18.2 Å². The molecular weight excluding hydrogens is 222 g/mol. The largest absolute Gasteiger partial charge is 0.384 e. The number of likely N-dealkylation sites (N-methyl/N-ethyl adjacent to an activating group) is 1. The zero-order valence-corrected chi connectivity index (χ0v) is 11.6. The van der Waals surface area contributed by atoms with Crippen molar-refractivity contribution in [3.63, 3.8) is 0 Å². The number of aliphatic hydroxyl groups is 1. The second-order valence-electron chi connectivity index (χ2n) is 5.36. The maximum absolute atomic E-state index is 10.8. The average molecular weight is 247 g/mol. The molecule has 0 aromatic heterocycles. The highest BCUT2D eigenvalue weighted by atomic mass is 16.3. The van der Waals surface area contributed by atoms with Crippen LogP contribution in [0.5, 0.6) is 0 Å². The number of hydrogen-bond acceptors (Lipinski definition) is 2. The lowest BCUT2D eigenvalue weighted by atomic mass is 9.84. The Bertz CT molecular complexity index is 402. The summed E-state index contributed by atoms with van der Waals surface area (Å²) in [5.41, 5.74) is 3.28. The molecule has 0 saturated heterocycles. The molecule has 100 valence electrons. The average Bonchev–Trinajstić information content (AvgIpc) is 2.44. The van der Waals surface area contributed by atoms with Crippen molar-refractivity contribution in [2.24, 2.45) is 0 Å². The Morgan fingerprint density at radius 2 is 1.89 bits per heavy atom. The van der Waals surface area contributed by atoms with E-state index in [0.717, 1.165) is 18.5 Å². The lowest BCUT2D eigenvalue weighted by molar-refractivity contribution is 0.0331. The third-order valence-electron chi connectivity index (χ3n) is 4.14. The number of benzene rings is 1. The van der Waals surface area contributed by atoms with Crippen molar-refractivity contribution in [1.82, 2.24) is 5.32 Å². The Morgan fingerprint density at radius 1 is 1.17 bits per heavy atom. The Hall–Kier alpha value is -0.860. The molecule has 2 N–H and O–H groups in total. The predicted octanol–water partition coefficient (Wildman–Crippen LogP) is 2.77. The molecule has 2 rings (SSSR count). The fourth-order valence-electron chi connectivity index (χ4n) is 2.79. The number of aryl methyl sites for hydroxylation is 2. The SMILES string of the molecule is CCNCC(O)(CC)c1ccc2c(c1)CCCC2. The van der Waals surface area contributed by atoms with E-state index in [1.807, 2.05) is 0 Å². The normalized spacial score (nSPS) is 18.2. The Balaban J connectivity index is 2.25. The number of nitrogens with one attached hydrogen (secondary N) is 1. The molecule has 1 unspecified atom stereocenters. The summed E-state index contributed by atoms with van der Waals surface area (Å²) < 4.78 is 0. The first-order valence-corrected chi connectivity index (χ1v) is 7.25. The molecule has 18 heavy (non-hydrogen) atoms. The highest BCUT2D eigenvalue weighted by Gasteiger charge is 2.27. The topological polar surface area (TPSA) is 32.3 Å². The van der Waals surface area contributed by atoms with Gasteiger partial charge in [0.15, 0.2) is 0 Å². The zero-order valence-electron chi connectivity index (χ0n) is 11.6. The highest BCUT2D eigenvalue weighted by molar-refractivity contribution is 5.36. The molecule has 0 heterocycles. The number of fused-ring (bicyclic) bond motifs is 1. The molecule has 1 atom stereocenters. The molecule has 0 aliphatic heterocycles. The van der Waals surface area contributed by atoms with Gasteiger partial charge in [0.2, 0.25) is 0 Å². The lowest BCUT2D eigenvalue weighted by Crippen LogP contribution is -2.37. The standard InChI is InChI=1S/C16H25NO/c1-3-16(18,12-17-4-2)15-10-9-13-7-5-6-8-14(13)11-15/h9-11,17-18H,3-8,12H2,1-2H3. The van der Waals surface area contributed by atoms with E-state index >= 15 is 0 Å². The summed E-state index contributed by atoms with van der Waals surface area (Å²) in [5.74, 6) is 0. The maximum Gasteiger partial charge on any atom is 0.102 e. The predicted molar refractivity (Wildman–Crippen MR) is 75.8 cm³/mol. The van der Waals surface area contributed by atoms with Crippen molar-refractivity contribution in [3.05, 3.63) is 34.9 Å². The molecule has 2 nitrogen and oxygen atoms in total. The van der Waals surface area contributed by atoms with Gasteiger partial charge >= 0.3 is 0 Å². The van der Waals surface area contributed by atoms with Crippen LogP contribution in [0.15, 0.2) is 18.2 Å². The van der Waals surface area contributed by atoms with Crippen LogP contribution in [-0.2, 0) is 18.4 Å². The number of rotatable bonds is 5. The van der Waals surface area contributed by atoms with Gasteiger partial charge in [0, 0.05) is 6.54 Å². The van der Waals surface area contributed by atoms with Gasteiger partial charge in [-0.3, -0.25) is 0 Å². The Labute approximate surface area is 110 Å². The van der Waals surface area contributed by atoms with Crippen molar-refractivity contribution in [3.8, 4) is 0 Å². The van der Waals surface area contributed by atoms with Gasteiger partial charge in [-0.15, -0.1) is 0 Å². The molecule has 0 fully saturated rings. The quantitative estimate of drug-likeness (QED) is 0.838. The van der Waals surface area contributed by atoms with E-state index in [9.17, 15) is 5.11 Å². The molecule has 0 bridgehead atoms. The van der Waals surface area contributed by atoms with Crippen molar-refractivity contribution in [1.29, 1.82) is 0 Å². The number of hydrogen-bond donors (Lipinski definition) is 2. The van der Waals surface area contributed by atoms with Crippen molar-refractivity contribution < 1.29 is 5.11 Å². The van der Waals surface area contributed by atoms with E-state index in [1.54, 1.807) is 0 Å². The first kappa shape index (κ1) is 13.6. The van der Waals surface area contributed by atoms with E-state index in [1.165, 1.54) is 36.8 Å². The summed E-state index contributed by atoms with van der Waals surface area (Å²) >= 11 is 0. The van der Waals surface area contributed by atoms with Gasteiger partial charge in [-0.1, -0.05) is 32.0 Å². The third-order valence-corrected chi connectivity index (χ3v) is 4.14. The first-order valence-electron chi connectivity index (χ1n) is 7.25. The minimum Gasteiger partial charge on any atom is -0.384 e. The van der Waals surface area contributed by atoms with Crippen LogP contribution in [0.25, 0.3) is 0 Å². The van der Waals surface area contributed by atoms with Crippen LogP contribution in [0, 0.1) is 0 Å². The third kappa shape index (κ3) is 2.76. The van der Waals surface area contributed by atoms with Crippen LogP contribution in [0.4, 0.5) is 0 Å². The fraction of sp³-hybridized carbons (Fsp3) is 0.625. The minimum atomic E-state index is -0.720. The van der Waals surface area contributed by atoms with Crippen LogP contribution in [0.1, 0.15) is 49.8 Å². The maximum atomic E-state index is 10.8. The molecule has 2 heteroatoms. The molecule has 1 aromatic carbocycles. The molecular formula is C16H25NO. The van der Waals surface area contributed by atoms with E-state index in [4.69, 9.17) is 0 Å². The molecule has 0 radical (unpaired) electrons. The van der Waals surface area contributed by atoms with Gasteiger partial charge in [0.25, 0.3) is 0 Å². The summed E-state index contributed by atoms with van der Waals surface area (Å²) in [6, 6.07) is 6.57. The van der Waals surface area contributed by atoms with Gasteiger partial charge in [-0.25, -0.2) is 0 Å². The summed E-state index contributed by atoms with van der Waals surface area (Å²) in [7, 11) is 0. The van der Waals surface area contributed by atoms with Crippen LogP contribution in [0.3, 0.4) is 0 Å². The van der Waals surface area contributed by atoms with Crippen LogP contribution >= 0.6 is 0 Å². The van der Waals surface area contributed by atoms with Gasteiger partial charge in [-0.2, -0.15) is 0 Å². The lowest BCUT2D eigenvalue weighted by Gasteiger charge is -2.29. The Kier molecular flexibility index (Phi) is 4.41. The van der Waals surface area contributed by atoms with Gasteiger partial charge in [0.1, 0.15) is 5.60 Å². The molecule has 1 aliphatic carbocycles. The molecule has 0 spiro atoms. The summed E-state index contributed by atoms with van der Waals surface area (Å²) in [5, 5.41) is 14.0. The summed E-state index contributed by atoms with van der Waals surface area (Å²) in [4.78, 5) is 0. The second-order valence-corrected chi connectivity index (χ2v) is 5.36. The first-order chi connectivity index (χ1) is 8.69. The van der Waals surface area contributed by atoms with Crippen molar-refractivity contribution >= 4 is 0 Å². The summed E-state index contributed by atoms with van der Waals surface area (Å²) in [6.07, 6.45) is 5.71. The molecule has 1 aliphatic rings. The second kappa shape index (κ2) is 5.85. The van der Waals surface area contributed by atoms with E-state index in [2.05, 4.69) is 37.4 Å². The van der Waals surface area contributed by atoms with Crippen LogP contribution < -0.4 is 5.32 Å². The molecule has 0 saturated carbocycles. The smallest absolute Gasteiger partial charge is 0.102 e. The van der Waals surface area contributed by atoms with Gasteiger partial charge < -0.3 is 10.4 Å². The van der Waals surface area contributed by atoms with Crippen molar-refractivity contribution in [2.75, 3.05) is 13.1 Å². The van der Waals surface area contributed by atoms with Crippen molar-refractivity contribution in [2.45, 2.75) is 51.6 Å². The fourth-order valence-corrected chi connectivity index (χ4v) is 2.79. The van der Waals surface area contributed by atoms with Crippen LogP contribution in [0.2, 0.25) is 0 Å². The molecule has 1 aromatic rings. The zero-order chi connectivity index (χ0) is 13.0. The summed E-state index contributed by atoms with van der Waals surface area (Å²) in [6.45, 7) is 5.66. The minimum absolute atomic E-state index is 0.638. The van der Waals surface area contributed by atoms with Gasteiger partial charge in [0.05, 0.1) is 0 Å². The van der Waals surface area contributed by atoms with E-state index in [0.29, 0.717) is 6.54 Å². The highest BCUT2D eigenvalue weighted by Crippen LogP contribution is 2.29. The van der Waals surface area contributed by atoms with Gasteiger partial charge in [-0.05, 0) is 55.3 Å². The molecule has 0 amide bonds. The Morgan fingerprint density at radius 3 is 2.56 bits per heavy atom. The van der Waals surface area contributed by atoms with E-state index < -0.39 is 5.60 Å².